The van der Waals surface area contributed by atoms with Gasteiger partial charge in [-0.25, -0.2) is 0 Å². The van der Waals surface area contributed by atoms with Gasteiger partial charge in [0.2, 0.25) is 0 Å². The van der Waals surface area contributed by atoms with Crippen molar-refractivity contribution in [3.8, 4) is 5.75 Å². The lowest BCUT2D eigenvalue weighted by molar-refractivity contribution is 0.179. The third-order valence-electron chi connectivity index (χ3n) is 2.27. The third kappa shape index (κ3) is 3.82. The zero-order chi connectivity index (χ0) is 10.2. The fourth-order valence-electron chi connectivity index (χ4n) is 1.60. The van der Waals surface area contributed by atoms with Crippen LogP contribution < -0.4 is 4.74 Å². The fraction of sp³-hybridized carbons (Fsp3) is 0.538. The Morgan fingerprint density at radius 2 is 1.57 bits per heavy atom. The molecule has 0 atom stereocenters. The summed E-state index contributed by atoms with van der Waals surface area (Å²) >= 11 is 0. The highest BCUT2D eigenvalue weighted by Gasteiger charge is 2.07. The van der Waals surface area contributed by atoms with Gasteiger partial charge in [0.15, 0.2) is 0 Å². The van der Waals surface area contributed by atoms with Crippen molar-refractivity contribution in [2.45, 2.75) is 45.6 Å². The van der Waals surface area contributed by atoms with Crippen LogP contribution >= 0.6 is 0 Å². The maximum absolute atomic E-state index is 5.90. The maximum atomic E-state index is 5.90. The molecule has 78 valence electrons. The summed E-state index contributed by atoms with van der Waals surface area (Å²) in [5, 5.41) is 0. The van der Waals surface area contributed by atoms with Gasteiger partial charge in [0.25, 0.3) is 0 Å². The zero-order valence-corrected chi connectivity index (χ0v) is 9.20. The van der Waals surface area contributed by atoms with Crippen LogP contribution in [0.1, 0.15) is 39.5 Å². The molecule has 0 aliphatic heterocycles. The number of rotatable bonds is 6. The molecule has 0 spiro atoms. The predicted octanol–water partition coefficient (Wildman–Crippen LogP) is 4.03. The Bertz CT molecular complexity index is 224. The molecule has 0 fully saturated rings. The second-order valence-corrected chi connectivity index (χ2v) is 3.63. The molecule has 1 aromatic carbocycles. The van der Waals surface area contributed by atoms with Gasteiger partial charge in [-0.15, -0.1) is 0 Å². The highest BCUT2D eigenvalue weighted by atomic mass is 16.5. The molecular formula is C13H20O. The van der Waals surface area contributed by atoms with Crippen LogP contribution in [0.15, 0.2) is 30.3 Å². The first-order chi connectivity index (χ1) is 6.86. The Labute approximate surface area is 87.1 Å². The Morgan fingerprint density at radius 1 is 1.00 bits per heavy atom. The smallest absolute Gasteiger partial charge is 0.119 e. The lowest BCUT2D eigenvalue weighted by atomic mass is 10.1. The second kappa shape index (κ2) is 6.47. The van der Waals surface area contributed by atoms with Crippen LogP contribution in [0.25, 0.3) is 0 Å². The molecule has 0 unspecified atom stereocenters. The molecule has 1 nitrogen and oxygen atoms in total. The van der Waals surface area contributed by atoms with Gasteiger partial charge in [0.1, 0.15) is 5.75 Å². The minimum Gasteiger partial charge on any atom is -0.490 e. The Balaban J connectivity index is 2.46. The van der Waals surface area contributed by atoms with Gasteiger partial charge < -0.3 is 4.74 Å². The summed E-state index contributed by atoms with van der Waals surface area (Å²) in [6.07, 6.45) is 5.09. The molecule has 0 heterocycles. The molecule has 0 saturated carbocycles. The van der Waals surface area contributed by atoms with Gasteiger partial charge in [0.05, 0.1) is 6.10 Å². The van der Waals surface area contributed by atoms with Crippen molar-refractivity contribution < 1.29 is 4.74 Å². The van der Waals surface area contributed by atoms with E-state index < -0.39 is 0 Å². The van der Waals surface area contributed by atoms with E-state index in [1.54, 1.807) is 0 Å². The molecule has 0 bridgehead atoms. The van der Waals surface area contributed by atoms with E-state index >= 15 is 0 Å². The lowest BCUT2D eigenvalue weighted by Crippen LogP contribution is -2.15. The van der Waals surface area contributed by atoms with Crippen molar-refractivity contribution in [2.24, 2.45) is 0 Å². The van der Waals surface area contributed by atoms with Crippen LogP contribution in [0.3, 0.4) is 0 Å². The SMILES string of the molecule is CCCC(CCC)Oc1ccccc1. The largest absolute Gasteiger partial charge is 0.490 e. The lowest BCUT2D eigenvalue weighted by Gasteiger charge is -2.17. The van der Waals surface area contributed by atoms with Crippen molar-refractivity contribution in [2.75, 3.05) is 0 Å². The van der Waals surface area contributed by atoms with Crippen LogP contribution in [0.5, 0.6) is 5.75 Å². The summed E-state index contributed by atoms with van der Waals surface area (Å²) in [4.78, 5) is 0. The molecule has 0 N–H and O–H groups in total. The average Bonchev–Trinajstić information content (AvgIpc) is 2.20. The van der Waals surface area contributed by atoms with E-state index in [1.165, 1.54) is 12.8 Å². The van der Waals surface area contributed by atoms with Crippen molar-refractivity contribution in [1.29, 1.82) is 0 Å². The van der Waals surface area contributed by atoms with Gasteiger partial charge in [-0.3, -0.25) is 0 Å². The van der Waals surface area contributed by atoms with Crippen LogP contribution in [0, 0.1) is 0 Å². The van der Waals surface area contributed by atoms with Crippen LogP contribution in [0.4, 0.5) is 0 Å². The van der Waals surface area contributed by atoms with E-state index in [2.05, 4.69) is 13.8 Å². The van der Waals surface area contributed by atoms with E-state index in [0.717, 1.165) is 18.6 Å². The minimum absolute atomic E-state index is 0.396. The third-order valence-corrected chi connectivity index (χ3v) is 2.27. The molecule has 1 heteroatoms. The number of para-hydroxylation sites is 1. The summed E-state index contributed by atoms with van der Waals surface area (Å²) in [5.41, 5.74) is 0. The molecule has 0 aromatic heterocycles. The normalized spacial score (nSPS) is 10.5. The first-order valence-corrected chi connectivity index (χ1v) is 5.58. The molecule has 0 aliphatic rings. The number of hydrogen-bond donors (Lipinski definition) is 0. The first kappa shape index (κ1) is 11.1. The van der Waals surface area contributed by atoms with Gasteiger partial charge in [-0.05, 0) is 25.0 Å². The summed E-state index contributed by atoms with van der Waals surface area (Å²) < 4.78 is 5.90. The molecule has 1 aromatic rings. The van der Waals surface area contributed by atoms with Gasteiger partial charge in [0, 0.05) is 0 Å². The van der Waals surface area contributed by atoms with Crippen LogP contribution in [0.2, 0.25) is 0 Å². The van der Waals surface area contributed by atoms with E-state index in [-0.39, 0.29) is 0 Å². The number of hydrogen-bond acceptors (Lipinski definition) is 1. The molecule has 0 radical (unpaired) electrons. The Kier molecular flexibility index (Phi) is 5.13. The van der Waals surface area contributed by atoms with E-state index in [1.807, 2.05) is 30.3 Å². The van der Waals surface area contributed by atoms with Crippen molar-refractivity contribution in [3.05, 3.63) is 30.3 Å². The molecular weight excluding hydrogens is 172 g/mol. The molecule has 0 saturated heterocycles. The quantitative estimate of drug-likeness (QED) is 0.661. The van der Waals surface area contributed by atoms with Crippen molar-refractivity contribution in [3.63, 3.8) is 0 Å². The molecule has 0 aliphatic carbocycles. The topological polar surface area (TPSA) is 9.23 Å². The van der Waals surface area contributed by atoms with E-state index in [4.69, 9.17) is 4.74 Å². The van der Waals surface area contributed by atoms with E-state index in [9.17, 15) is 0 Å². The number of benzene rings is 1. The minimum atomic E-state index is 0.396. The van der Waals surface area contributed by atoms with Gasteiger partial charge in [-0.1, -0.05) is 44.9 Å². The van der Waals surface area contributed by atoms with Crippen LogP contribution in [-0.4, -0.2) is 6.10 Å². The average molecular weight is 192 g/mol. The van der Waals surface area contributed by atoms with Gasteiger partial charge in [-0.2, -0.15) is 0 Å². The summed E-state index contributed by atoms with van der Waals surface area (Å²) in [6.45, 7) is 4.41. The standard InChI is InChI=1S/C13H20O/c1-3-8-12(9-4-2)14-13-10-6-5-7-11-13/h5-7,10-12H,3-4,8-9H2,1-2H3. The monoisotopic (exact) mass is 192 g/mol. The predicted molar refractivity (Wildman–Crippen MR) is 60.7 cm³/mol. The van der Waals surface area contributed by atoms with Crippen LogP contribution in [-0.2, 0) is 0 Å². The Morgan fingerprint density at radius 3 is 2.07 bits per heavy atom. The Hall–Kier alpha value is -0.980. The maximum Gasteiger partial charge on any atom is 0.119 e. The zero-order valence-electron chi connectivity index (χ0n) is 9.20. The van der Waals surface area contributed by atoms with Gasteiger partial charge >= 0.3 is 0 Å². The highest BCUT2D eigenvalue weighted by Crippen LogP contribution is 2.16. The fourth-order valence-corrected chi connectivity index (χ4v) is 1.60. The molecule has 14 heavy (non-hydrogen) atoms. The van der Waals surface area contributed by atoms with Crippen molar-refractivity contribution in [1.82, 2.24) is 0 Å². The summed E-state index contributed by atoms with van der Waals surface area (Å²) in [7, 11) is 0. The van der Waals surface area contributed by atoms with E-state index in [0.29, 0.717) is 6.10 Å². The first-order valence-electron chi connectivity index (χ1n) is 5.58. The summed E-state index contributed by atoms with van der Waals surface area (Å²) in [6, 6.07) is 10.1. The highest BCUT2D eigenvalue weighted by molar-refractivity contribution is 5.21. The van der Waals surface area contributed by atoms with Crippen molar-refractivity contribution >= 4 is 0 Å². The second-order valence-electron chi connectivity index (χ2n) is 3.63. The summed E-state index contributed by atoms with van der Waals surface area (Å²) in [5.74, 6) is 0.999. The number of ether oxygens (including phenoxy) is 1. The molecule has 1 rings (SSSR count). The molecule has 0 amide bonds.